The molecule has 1 rings (SSSR count). The average Bonchev–Trinajstić information content (AvgIpc) is 2.23. The van der Waals surface area contributed by atoms with Crippen LogP contribution >= 0.6 is 0 Å². The second kappa shape index (κ2) is 5.44. The smallest absolute Gasteiger partial charge is 0.253 e. The van der Waals surface area contributed by atoms with Crippen LogP contribution in [0, 0.1) is 0 Å². The third-order valence-corrected chi connectivity index (χ3v) is 2.94. The predicted octanol–water partition coefficient (Wildman–Crippen LogP) is -0.404. The highest BCUT2D eigenvalue weighted by atomic mass is 16.5. The van der Waals surface area contributed by atoms with Crippen molar-refractivity contribution in [2.45, 2.75) is 32.1 Å². The first-order valence-corrected chi connectivity index (χ1v) is 5.26. The summed E-state index contributed by atoms with van der Waals surface area (Å²) in [6.07, 6.45) is -0.462. The zero-order chi connectivity index (χ0) is 11.4. The fraction of sp³-hybridized carbons (Fsp3) is 0.900. The Labute approximate surface area is 90.5 Å². The number of methoxy groups -OCH3 is 1. The molecule has 5 nitrogen and oxygen atoms in total. The van der Waals surface area contributed by atoms with Crippen LogP contribution in [0.3, 0.4) is 0 Å². The minimum absolute atomic E-state index is 0.0392. The molecule has 0 saturated carbocycles. The van der Waals surface area contributed by atoms with Crippen LogP contribution in [0.1, 0.15) is 13.8 Å². The summed E-state index contributed by atoms with van der Waals surface area (Å²) in [5, 5.41) is 0. The summed E-state index contributed by atoms with van der Waals surface area (Å²) in [5.74, 6) is -0.0392. The molecule has 2 N–H and O–H groups in total. The highest BCUT2D eigenvalue weighted by molar-refractivity contribution is 5.81. The van der Waals surface area contributed by atoms with E-state index < -0.39 is 6.10 Å². The van der Waals surface area contributed by atoms with Gasteiger partial charge < -0.3 is 20.1 Å². The molecule has 0 spiro atoms. The van der Waals surface area contributed by atoms with E-state index in [1.807, 2.05) is 13.8 Å². The van der Waals surface area contributed by atoms with Crippen molar-refractivity contribution >= 4 is 5.91 Å². The van der Waals surface area contributed by atoms with E-state index in [1.54, 1.807) is 4.90 Å². The number of amides is 1. The van der Waals surface area contributed by atoms with Gasteiger partial charge in [0.2, 0.25) is 0 Å². The summed E-state index contributed by atoms with van der Waals surface area (Å²) in [4.78, 5) is 13.8. The lowest BCUT2D eigenvalue weighted by Gasteiger charge is -2.39. The van der Waals surface area contributed by atoms with Gasteiger partial charge in [-0.05, 0) is 13.8 Å². The highest BCUT2D eigenvalue weighted by Crippen LogP contribution is 2.14. The Morgan fingerprint density at radius 3 is 2.87 bits per heavy atom. The third-order valence-electron chi connectivity index (χ3n) is 2.94. The van der Waals surface area contributed by atoms with E-state index in [2.05, 4.69) is 0 Å². The molecule has 0 aromatic rings. The maximum Gasteiger partial charge on any atom is 0.253 e. The molecule has 1 aliphatic rings. The molecule has 0 aliphatic carbocycles. The van der Waals surface area contributed by atoms with Crippen LogP contribution in [-0.4, -0.2) is 55.9 Å². The van der Waals surface area contributed by atoms with Crippen molar-refractivity contribution in [3.05, 3.63) is 0 Å². The minimum atomic E-state index is -0.530. The van der Waals surface area contributed by atoms with Crippen molar-refractivity contribution in [1.29, 1.82) is 0 Å². The zero-order valence-electron chi connectivity index (χ0n) is 9.60. The van der Waals surface area contributed by atoms with Crippen molar-refractivity contribution in [2.75, 3.05) is 26.8 Å². The Kier molecular flexibility index (Phi) is 4.50. The lowest BCUT2D eigenvalue weighted by molar-refractivity contribution is -0.153. The van der Waals surface area contributed by atoms with Gasteiger partial charge in [-0.25, -0.2) is 0 Å². The van der Waals surface area contributed by atoms with E-state index in [1.165, 1.54) is 7.11 Å². The van der Waals surface area contributed by atoms with Gasteiger partial charge in [0.25, 0.3) is 5.91 Å². The standard InChI is InChI=1S/C10H20N2O3/c1-7-8(2)15-5-4-12(7)10(13)9(6-11)14-3/h7-9H,4-6,11H2,1-3H3. The van der Waals surface area contributed by atoms with E-state index >= 15 is 0 Å². The fourth-order valence-electron chi connectivity index (χ4n) is 1.73. The molecule has 1 heterocycles. The Hall–Kier alpha value is -0.650. The van der Waals surface area contributed by atoms with Gasteiger partial charge in [-0.15, -0.1) is 0 Å². The van der Waals surface area contributed by atoms with Crippen LogP contribution < -0.4 is 5.73 Å². The van der Waals surface area contributed by atoms with Crippen molar-refractivity contribution in [3.63, 3.8) is 0 Å². The molecule has 0 aromatic heterocycles. The second-order valence-corrected chi connectivity index (χ2v) is 3.81. The number of carbonyl (C=O) groups is 1. The van der Waals surface area contributed by atoms with Crippen molar-refractivity contribution in [1.82, 2.24) is 4.90 Å². The number of hydrogen-bond donors (Lipinski definition) is 1. The molecule has 88 valence electrons. The van der Waals surface area contributed by atoms with E-state index in [9.17, 15) is 4.79 Å². The first kappa shape index (κ1) is 12.4. The monoisotopic (exact) mass is 216 g/mol. The molecule has 5 heteroatoms. The predicted molar refractivity (Wildman–Crippen MR) is 56.4 cm³/mol. The summed E-state index contributed by atoms with van der Waals surface area (Å²) in [5.41, 5.74) is 5.47. The third kappa shape index (κ3) is 2.68. The zero-order valence-corrected chi connectivity index (χ0v) is 9.60. The SMILES string of the molecule is COC(CN)C(=O)N1CCOC(C)C1C. The van der Waals surface area contributed by atoms with Crippen molar-refractivity contribution in [3.8, 4) is 0 Å². The van der Waals surface area contributed by atoms with Crippen LogP contribution in [0.2, 0.25) is 0 Å². The number of ether oxygens (including phenoxy) is 2. The highest BCUT2D eigenvalue weighted by Gasteiger charge is 2.32. The summed E-state index contributed by atoms with van der Waals surface area (Å²) >= 11 is 0. The minimum Gasteiger partial charge on any atom is -0.375 e. The van der Waals surface area contributed by atoms with Crippen LogP contribution in [0.25, 0.3) is 0 Å². The van der Waals surface area contributed by atoms with Gasteiger partial charge >= 0.3 is 0 Å². The Morgan fingerprint density at radius 2 is 2.33 bits per heavy atom. The molecular weight excluding hydrogens is 196 g/mol. The molecule has 0 radical (unpaired) electrons. The Balaban J connectivity index is 2.65. The number of hydrogen-bond acceptors (Lipinski definition) is 4. The lowest BCUT2D eigenvalue weighted by atomic mass is 10.1. The molecule has 1 aliphatic heterocycles. The molecule has 1 saturated heterocycles. The number of nitrogens with zero attached hydrogens (tertiary/aromatic N) is 1. The molecule has 3 unspecified atom stereocenters. The van der Waals surface area contributed by atoms with Crippen molar-refractivity contribution < 1.29 is 14.3 Å². The van der Waals surface area contributed by atoms with Crippen LogP contribution in [0.5, 0.6) is 0 Å². The molecule has 0 bridgehead atoms. The summed E-state index contributed by atoms with van der Waals surface area (Å²) in [7, 11) is 1.50. The van der Waals surface area contributed by atoms with Crippen molar-refractivity contribution in [2.24, 2.45) is 5.73 Å². The molecule has 1 fully saturated rings. The normalized spacial score (nSPS) is 28.9. The Morgan fingerprint density at radius 1 is 1.67 bits per heavy atom. The largest absolute Gasteiger partial charge is 0.375 e. The molecule has 0 aromatic carbocycles. The Bertz CT molecular complexity index is 219. The van der Waals surface area contributed by atoms with Gasteiger partial charge in [-0.3, -0.25) is 4.79 Å². The quantitative estimate of drug-likeness (QED) is 0.697. The summed E-state index contributed by atoms with van der Waals surface area (Å²) in [6.45, 7) is 5.36. The molecular formula is C10H20N2O3. The second-order valence-electron chi connectivity index (χ2n) is 3.81. The number of carbonyl (C=O) groups excluding carboxylic acids is 1. The lowest BCUT2D eigenvalue weighted by Crippen LogP contribution is -2.55. The summed E-state index contributed by atoms with van der Waals surface area (Å²) in [6, 6.07) is 0.0791. The maximum absolute atomic E-state index is 12.0. The van der Waals surface area contributed by atoms with Crippen LogP contribution in [0.15, 0.2) is 0 Å². The van der Waals surface area contributed by atoms with Gasteiger partial charge in [0, 0.05) is 20.2 Å². The molecule has 1 amide bonds. The van der Waals surface area contributed by atoms with Crippen LogP contribution in [-0.2, 0) is 14.3 Å². The molecule has 3 atom stereocenters. The first-order valence-electron chi connectivity index (χ1n) is 5.26. The molecule has 15 heavy (non-hydrogen) atoms. The van der Waals surface area contributed by atoms with Gasteiger partial charge in [0.05, 0.1) is 18.8 Å². The fourth-order valence-corrected chi connectivity index (χ4v) is 1.73. The van der Waals surface area contributed by atoms with Gasteiger partial charge in [-0.2, -0.15) is 0 Å². The first-order chi connectivity index (χ1) is 7.11. The van der Waals surface area contributed by atoms with E-state index in [0.717, 1.165) is 0 Å². The summed E-state index contributed by atoms with van der Waals surface area (Å²) < 4.78 is 10.5. The maximum atomic E-state index is 12.0. The van der Waals surface area contributed by atoms with Gasteiger partial charge in [0.1, 0.15) is 6.10 Å². The average molecular weight is 216 g/mol. The number of morpholine rings is 1. The topological polar surface area (TPSA) is 64.8 Å². The van der Waals surface area contributed by atoms with E-state index in [4.69, 9.17) is 15.2 Å². The van der Waals surface area contributed by atoms with Gasteiger partial charge in [0.15, 0.2) is 0 Å². The van der Waals surface area contributed by atoms with E-state index in [0.29, 0.717) is 13.2 Å². The number of rotatable bonds is 3. The van der Waals surface area contributed by atoms with E-state index in [-0.39, 0.29) is 24.6 Å². The van der Waals surface area contributed by atoms with Gasteiger partial charge in [-0.1, -0.05) is 0 Å². The number of nitrogens with two attached hydrogens (primary N) is 1. The van der Waals surface area contributed by atoms with Crippen LogP contribution in [0.4, 0.5) is 0 Å².